The summed E-state index contributed by atoms with van der Waals surface area (Å²) < 4.78 is 25.7. The fraction of sp³-hybridized carbons (Fsp3) is 0.588. The molecule has 0 aromatic heterocycles. The van der Waals surface area contributed by atoms with Crippen molar-refractivity contribution < 1.29 is 13.2 Å². The highest BCUT2D eigenvalue weighted by atomic mass is 35.5. The second-order valence-electron chi connectivity index (χ2n) is 6.59. The van der Waals surface area contributed by atoms with Crippen molar-refractivity contribution in [3.05, 3.63) is 29.8 Å². The van der Waals surface area contributed by atoms with E-state index in [-0.39, 0.29) is 24.2 Å². The summed E-state index contributed by atoms with van der Waals surface area (Å²) in [5.41, 5.74) is 6.36. The highest BCUT2D eigenvalue weighted by Crippen LogP contribution is 2.21. The first kappa shape index (κ1) is 22.9. The van der Waals surface area contributed by atoms with E-state index in [4.69, 9.17) is 5.73 Å². The van der Waals surface area contributed by atoms with Crippen LogP contribution in [-0.4, -0.2) is 63.8 Å². The Kier molecular flexibility index (Phi) is 8.99. The Bertz CT molecular complexity index is 697. The molecular formula is C17H29ClN4O3S. The summed E-state index contributed by atoms with van der Waals surface area (Å²) in [6.07, 6.45) is 1.83. The van der Waals surface area contributed by atoms with Crippen LogP contribution in [-0.2, 0) is 21.4 Å². The number of sulfonamides is 1. The largest absolute Gasteiger partial charge is 0.355 e. The van der Waals surface area contributed by atoms with E-state index in [0.717, 1.165) is 24.9 Å². The van der Waals surface area contributed by atoms with Gasteiger partial charge in [0.05, 0.1) is 10.8 Å². The molecule has 0 aliphatic carbocycles. The van der Waals surface area contributed by atoms with Gasteiger partial charge in [-0.15, -0.1) is 12.4 Å². The molecule has 1 atom stereocenters. The molecule has 1 aromatic rings. The van der Waals surface area contributed by atoms with Gasteiger partial charge in [0.1, 0.15) is 0 Å². The van der Waals surface area contributed by atoms with Crippen LogP contribution in [0.15, 0.2) is 29.2 Å². The zero-order valence-corrected chi connectivity index (χ0v) is 17.0. The number of carbonyl (C=O) groups excluding carboxylic acids is 1. The predicted octanol–water partition coefficient (Wildman–Crippen LogP) is 0.646. The maximum Gasteiger partial charge on any atom is 0.242 e. The Morgan fingerprint density at radius 1 is 1.38 bits per heavy atom. The molecule has 1 amide bonds. The average molecular weight is 405 g/mol. The van der Waals surface area contributed by atoms with Crippen LogP contribution in [0.25, 0.3) is 0 Å². The Balaban J connectivity index is 0.00000338. The minimum Gasteiger partial charge on any atom is -0.355 e. The van der Waals surface area contributed by atoms with Crippen molar-refractivity contribution >= 4 is 28.3 Å². The molecule has 0 bridgehead atoms. The summed E-state index contributed by atoms with van der Waals surface area (Å²) in [7, 11) is -0.386. The van der Waals surface area contributed by atoms with Gasteiger partial charge in [-0.2, -0.15) is 0 Å². The first-order valence-electron chi connectivity index (χ1n) is 8.56. The van der Waals surface area contributed by atoms with Crippen LogP contribution >= 0.6 is 12.4 Å². The molecule has 1 aliphatic heterocycles. The van der Waals surface area contributed by atoms with Gasteiger partial charge in [0.2, 0.25) is 15.9 Å². The lowest BCUT2D eigenvalue weighted by Crippen LogP contribution is -2.43. The van der Waals surface area contributed by atoms with E-state index in [0.29, 0.717) is 31.1 Å². The van der Waals surface area contributed by atoms with E-state index in [1.165, 1.54) is 18.4 Å². The average Bonchev–Trinajstić information content (AvgIpc) is 2.60. The monoisotopic (exact) mass is 404 g/mol. The minimum atomic E-state index is -3.44. The van der Waals surface area contributed by atoms with Gasteiger partial charge in [-0.1, -0.05) is 12.1 Å². The van der Waals surface area contributed by atoms with E-state index in [1.54, 1.807) is 18.2 Å². The zero-order valence-electron chi connectivity index (χ0n) is 15.3. The summed E-state index contributed by atoms with van der Waals surface area (Å²) in [6, 6.07) is 7.01. The van der Waals surface area contributed by atoms with Crippen molar-refractivity contribution in [1.29, 1.82) is 0 Å². The van der Waals surface area contributed by atoms with Gasteiger partial charge in [-0.05, 0) is 37.1 Å². The third-order valence-electron chi connectivity index (χ3n) is 4.40. The number of nitrogens with zero attached hydrogens (tertiary/aromatic N) is 2. The first-order valence-corrected chi connectivity index (χ1v) is 10.00. The number of likely N-dealkylation sites (tertiary alicyclic amines) is 1. The van der Waals surface area contributed by atoms with Gasteiger partial charge in [0.15, 0.2) is 0 Å². The van der Waals surface area contributed by atoms with E-state index < -0.39 is 10.0 Å². The lowest BCUT2D eigenvalue weighted by atomic mass is 9.96. The minimum absolute atomic E-state index is 0. The predicted molar refractivity (Wildman–Crippen MR) is 105 cm³/mol. The number of carbonyl (C=O) groups is 1. The van der Waals surface area contributed by atoms with Crippen molar-refractivity contribution in [3.63, 3.8) is 0 Å². The number of benzene rings is 1. The number of nitrogens with two attached hydrogens (primary N) is 1. The highest BCUT2D eigenvalue weighted by Gasteiger charge is 2.26. The number of nitrogens with one attached hydrogen (secondary N) is 1. The number of rotatable bonds is 7. The van der Waals surface area contributed by atoms with Crippen molar-refractivity contribution in [2.45, 2.75) is 24.3 Å². The van der Waals surface area contributed by atoms with Crippen molar-refractivity contribution in [3.8, 4) is 0 Å². The van der Waals surface area contributed by atoms with Crippen LogP contribution in [0.5, 0.6) is 0 Å². The number of amides is 1. The fourth-order valence-electron chi connectivity index (χ4n) is 3.03. The molecule has 1 saturated heterocycles. The van der Waals surface area contributed by atoms with Gasteiger partial charge >= 0.3 is 0 Å². The molecule has 0 spiro atoms. The molecule has 2 rings (SSSR count). The second kappa shape index (κ2) is 10.2. The van der Waals surface area contributed by atoms with Gasteiger partial charge < -0.3 is 11.1 Å². The Labute approximate surface area is 162 Å². The quantitative estimate of drug-likeness (QED) is 0.695. The normalized spacial score (nSPS) is 18.4. The molecule has 1 aliphatic rings. The van der Waals surface area contributed by atoms with Gasteiger partial charge in [-0.25, -0.2) is 12.7 Å². The van der Waals surface area contributed by atoms with Crippen LogP contribution in [0.3, 0.4) is 0 Å². The molecule has 1 aromatic carbocycles. The first-order chi connectivity index (χ1) is 11.8. The van der Waals surface area contributed by atoms with Gasteiger partial charge in [-0.3, -0.25) is 9.69 Å². The highest BCUT2D eigenvalue weighted by molar-refractivity contribution is 7.89. The molecule has 7 nitrogen and oxygen atoms in total. The number of hydrogen-bond donors (Lipinski definition) is 2. The summed E-state index contributed by atoms with van der Waals surface area (Å²) >= 11 is 0. The molecule has 148 valence electrons. The van der Waals surface area contributed by atoms with Crippen LogP contribution in [0.1, 0.15) is 18.4 Å². The summed E-state index contributed by atoms with van der Waals surface area (Å²) in [5, 5.41) is 2.85. The standard InChI is InChI=1S/C17H28N4O3S.ClH/c1-20(2)25(23,24)16-7-3-5-14(11-16)12-21-10-4-6-15(13-21)17(22)19-9-8-18;/h3,5,7,11,15H,4,6,8-10,12-13,18H2,1-2H3,(H,19,22);1H. The van der Waals surface area contributed by atoms with Crippen LogP contribution in [0, 0.1) is 5.92 Å². The number of halogens is 1. The van der Waals surface area contributed by atoms with Crippen LogP contribution in [0.4, 0.5) is 0 Å². The Hall–Kier alpha value is -1.19. The number of hydrogen-bond acceptors (Lipinski definition) is 5. The van der Waals surface area contributed by atoms with E-state index in [2.05, 4.69) is 10.2 Å². The summed E-state index contributed by atoms with van der Waals surface area (Å²) in [4.78, 5) is 14.6. The van der Waals surface area contributed by atoms with Crippen molar-refractivity contribution in [2.24, 2.45) is 11.7 Å². The molecule has 1 heterocycles. The van der Waals surface area contributed by atoms with Crippen LogP contribution < -0.4 is 11.1 Å². The maximum absolute atomic E-state index is 12.3. The molecule has 1 unspecified atom stereocenters. The maximum atomic E-state index is 12.3. The van der Waals surface area contributed by atoms with Crippen molar-refractivity contribution in [1.82, 2.24) is 14.5 Å². The van der Waals surface area contributed by atoms with E-state index in [9.17, 15) is 13.2 Å². The molecule has 26 heavy (non-hydrogen) atoms. The SMILES string of the molecule is CN(C)S(=O)(=O)c1cccc(CN2CCCC(C(=O)NCCN)C2)c1.Cl. The molecule has 9 heteroatoms. The zero-order chi connectivity index (χ0) is 18.4. The molecule has 0 radical (unpaired) electrons. The third-order valence-corrected chi connectivity index (χ3v) is 6.21. The Morgan fingerprint density at radius 2 is 2.12 bits per heavy atom. The van der Waals surface area contributed by atoms with E-state index >= 15 is 0 Å². The van der Waals surface area contributed by atoms with Gasteiger partial charge in [0, 0.05) is 40.3 Å². The van der Waals surface area contributed by atoms with Crippen LogP contribution in [0.2, 0.25) is 0 Å². The third kappa shape index (κ3) is 5.92. The second-order valence-corrected chi connectivity index (χ2v) is 8.74. The lowest BCUT2D eigenvalue weighted by molar-refractivity contribution is -0.126. The molecule has 1 fully saturated rings. The van der Waals surface area contributed by atoms with Crippen molar-refractivity contribution in [2.75, 3.05) is 40.3 Å². The lowest BCUT2D eigenvalue weighted by Gasteiger charge is -2.32. The topological polar surface area (TPSA) is 95.7 Å². The molecular weight excluding hydrogens is 376 g/mol. The molecule has 3 N–H and O–H groups in total. The summed E-state index contributed by atoms with van der Waals surface area (Å²) in [5.74, 6) is 0.0214. The Morgan fingerprint density at radius 3 is 2.77 bits per heavy atom. The van der Waals surface area contributed by atoms with E-state index in [1.807, 2.05) is 6.07 Å². The smallest absolute Gasteiger partial charge is 0.242 e. The molecule has 0 saturated carbocycles. The van der Waals surface area contributed by atoms with Gasteiger partial charge in [0.25, 0.3) is 0 Å². The number of piperidine rings is 1. The fourth-order valence-corrected chi connectivity index (χ4v) is 4.00. The summed E-state index contributed by atoms with van der Waals surface area (Å²) in [6.45, 7) is 3.17.